The molecule has 0 unspecified atom stereocenters. The average Bonchev–Trinajstić information content (AvgIpc) is 2.49. The van der Waals surface area contributed by atoms with Crippen molar-refractivity contribution in [3.8, 4) is 0 Å². The largest absolute Gasteiger partial charge is 0.244 e. The molecule has 0 atom stereocenters. The second kappa shape index (κ2) is 5.10. The summed E-state index contributed by atoms with van der Waals surface area (Å²) in [6.07, 6.45) is 0. The summed E-state index contributed by atoms with van der Waals surface area (Å²) in [5.41, 5.74) is 1.98. The zero-order valence-corrected chi connectivity index (χ0v) is 13.9. The Morgan fingerprint density at radius 2 is 1.27 bits per heavy atom. The van der Waals surface area contributed by atoms with Gasteiger partial charge in [-0.05, 0) is 36.4 Å². The molecule has 0 N–H and O–H groups in total. The van der Waals surface area contributed by atoms with Gasteiger partial charge >= 0.3 is 0 Å². The Morgan fingerprint density at radius 3 is 1.95 bits per heavy atom. The van der Waals surface area contributed by atoms with E-state index in [1.165, 1.54) is 0 Å². The maximum Gasteiger partial charge on any atom is 0.156 e. The summed E-state index contributed by atoms with van der Waals surface area (Å²) in [6, 6.07) is 10.7. The van der Waals surface area contributed by atoms with E-state index in [0.717, 1.165) is 16.2 Å². The van der Waals surface area contributed by atoms with Crippen LogP contribution in [0.4, 0.5) is 0 Å². The van der Waals surface area contributed by atoms with Crippen LogP contribution in [0.15, 0.2) is 36.4 Å². The lowest BCUT2D eigenvalue weighted by atomic mass is 10.1. The fourth-order valence-electron chi connectivity index (χ4n) is 2.56. The molecule has 2 nitrogen and oxygen atoms in total. The van der Waals surface area contributed by atoms with E-state index in [2.05, 4.69) is 9.97 Å². The minimum Gasteiger partial charge on any atom is -0.244 e. The number of benzene rings is 2. The van der Waals surface area contributed by atoms with Gasteiger partial charge in [0, 0.05) is 26.2 Å². The Balaban J connectivity index is 2.33. The first-order valence-corrected chi connectivity index (χ1v) is 7.89. The van der Waals surface area contributed by atoms with Crippen molar-refractivity contribution < 1.29 is 0 Å². The molecule has 2 aromatic heterocycles. The van der Waals surface area contributed by atoms with Crippen LogP contribution in [0.5, 0.6) is 0 Å². The lowest BCUT2D eigenvalue weighted by Gasteiger charge is -2.10. The highest BCUT2D eigenvalue weighted by Gasteiger charge is 2.15. The van der Waals surface area contributed by atoms with Crippen molar-refractivity contribution in [1.82, 2.24) is 9.97 Å². The molecule has 0 aliphatic carbocycles. The minimum atomic E-state index is 0.309. The summed E-state index contributed by atoms with van der Waals surface area (Å²) in [6.45, 7) is 0. The summed E-state index contributed by atoms with van der Waals surface area (Å²) >= 11 is 25.1. The lowest BCUT2D eigenvalue weighted by Crippen LogP contribution is -1.91. The molecule has 0 radical (unpaired) electrons. The first kappa shape index (κ1) is 14.3. The topological polar surface area (TPSA) is 25.8 Å². The van der Waals surface area contributed by atoms with Crippen LogP contribution in [0, 0.1) is 0 Å². The van der Waals surface area contributed by atoms with Gasteiger partial charge in [-0.1, -0.05) is 46.4 Å². The van der Waals surface area contributed by atoms with Gasteiger partial charge in [-0.25, -0.2) is 9.97 Å². The summed E-state index contributed by atoms with van der Waals surface area (Å²) in [4.78, 5) is 8.95. The van der Waals surface area contributed by atoms with Crippen LogP contribution in [0.25, 0.3) is 32.7 Å². The number of aromatic nitrogens is 2. The first-order chi connectivity index (χ1) is 10.5. The normalized spacial score (nSPS) is 11.6. The SMILES string of the molecule is Clc1ccc2nc3c(Cl)nc4ccc(Cl)cc4c3c(Cl)c2c1. The van der Waals surface area contributed by atoms with Crippen LogP contribution >= 0.6 is 46.4 Å². The summed E-state index contributed by atoms with van der Waals surface area (Å²) < 4.78 is 0. The van der Waals surface area contributed by atoms with Gasteiger partial charge in [-0.2, -0.15) is 0 Å². The molecular formula is C16H6Cl4N2. The van der Waals surface area contributed by atoms with Crippen LogP contribution in [-0.2, 0) is 0 Å². The van der Waals surface area contributed by atoms with Gasteiger partial charge in [-0.3, -0.25) is 0 Å². The number of fused-ring (bicyclic) bond motifs is 4. The second-order valence-corrected chi connectivity index (χ2v) is 6.48. The lowest BCUT2D eigenvalue weighted by molar-refractivity contribution is 1.39. The summed E-state index contributed by atoms with van der Waals surface area (Å²) in [5.74, 6) is 0. The maximum atomic E-state index is 6.62. The number of hydrogen-bond acceptors (Lipinski definition) is 2. The highest BCUT2D eigenvalue weighted by molar-refractivity contribution is 6.45. The third-order valence-corrected chi connectivity index (χ3v) is 4.65. The van der Waals surface area contributed by atoms with Gasteiger partial charge in [0.1, 0.15) is 5.52 Å². The zero-order chi connectivity index (χ0) is 15.4. The molecule has 0 amide bonds. The third kappa shape index (κ3) is 2.10. The van der Waals surface area contributed by atoms with Crippen molar-refractivity contribution in [2.75, 3.05) is 0 Å². The number of halogens is 4. The maximum absolute atomic E-state index is 6.62. The monoisotopic (exact) mass is 366 g/mol. The van der Waals surface area contributed by atoms with Gasteiger partial charge < -0.3 is 0 Å². The quantitative estimate of drug-likeness (QED) is 0.200. The van der Waals surface area contributed by atoms with E-state index in [1.54, 1.807) is 18.2 Å². The van der Waals surface area contributed by atoms with Gasteiger partial charge in [0.25, 0.3) is 0 Å². The number of rotatable bonds is 0. The van der Waals surface area contributed by atoms with E-state index in [1.807, 2.05) is 18.2 Å². The average molecular weight is 368 g/mol. The van der Waals surface area contributed by atoms with Gasteiger partial charge in [0.2, 0.25) is 0 Å². The van der Waals surface area contributed by atoms with Crippen LogP contribution in [-0.4, -0.2) is 9.97 Å². The fourth-order valence-corrected chi connectivity index (χ4v) is 3.47. The highest BCUT2D eigenvalue weighted by Crippen LogP contribution is 2.38. The molecule has 6 heteroatoms. The number of nitrogens with zero attached hydrogens (tertiary/aromatic N) is 2. The van der Waals surface area contributed by atoms with Crippen molar-refractivity contribution in [1.29, 1.82) is 0 Å². The molecule has 2 heterocycles. The smallest absolute Gasteiger partial charge is 0.156 e. The molecule has 4 aromatic rings. The molecule has 108 valence electrons. The van der Waals surface area contributed by atoms with Crippen LogP contribution in [0.2, 0.25) is 20.2 Å². The fraction of sp³-hybridized carbons (Fsp3) is 0. The van der Waals surface area contributed by atoms with Crippen molar-refractivity contribution in [3.05, 3.63) is 56.6 Å². The Hall–Kier alpha value is -1.32. The third-order valence-electron chi connectivity index (χ3n) is 3.53. The van der Waals surface area contributed by atoms with E-state index in [9.17, 15) is 0 Å². The van der Waals surface area contributed by atoms with Crippen LogP contribution in [0.3, 0.4) is 0 Å². The predicted octanol–water partition coefficient (Wildman–Crippen LogP) is 6.55. The number of pyridine rings is 2. The summed E-state index contributed by atoms with van der Waals surface area (Å²) in [7, 11) is 0. The Bertz CT molecular complexity index is 1070. The van der Waals surface area contributed by atoms with Crippen molar-refractivity contribution in [2.24, 2.45) is 0 Å². The van der Waals surface area contributed by atoms with Gasteiger partial charge in [-0.15, -0.1) is 0 Å². The Morgan fingerprint density at radius 1 is 0.682 bits per heavy atom. The Kier molecular flexibility index (Phi) is 3.31. The van der Waals surface area contributed by atoms with E-state index in [4.69, 9.17) is 46.4 Å². The van der Waals surface area contributed by atoms with E-state index in [0.29, 0.717) is 36.8 Å². The molecule has 2 aromatic carbocycles. The molecule has 22 heavy (non-hydrogen) atoms. The van der Waals surface area contributed by atoms with Crippen molar-refractivity contribution in [2.45, 2.75) is 0 Å². The van der Waals surface area contributed by atoms with E-state index >= 15 is 0 Å². The van der Waals surface area contributed by atoms with Gasteiger partial charge in [0.15, 0.2) is 5.15 Å². The second-order valence-electron chi connectivity index (χ2n) is 4.87. The zero-order valence-electron chi connectivity index (χ0n) is 10.9. The molecule has 4 rings (SSSR count). The van der Waals surface area contributed by atoms with E-state index in [-0.39, 0.29) is 0 Å². The molecule has 0 spiro atoms. The van der Waals surface area contributed by atoms with E-state index < -0.39 is 0 Å². The molecule has 0 bridgehead atoms. The van der Waals surface area contributed by atoms with Crippen LogP contribution in [0.1, 0.15) is 0 Å². The molecular weight excluding hydrogens is 362 g/mol. The number of hydrogen-bond donors (Lipinski definition) is 0. The van der Waals surface area contributed by atoms with Gasteiger partial charge in [0.05, 0.1) is 16.1 Å². The molecule has 0 aliphatic heterocycles. The summed E-state index contributed by atoms with van der Waals surface area (Å²) in [5, 5.41) is 4.35. The molecule has 0 fully saturated rings. The first-order valence-electron chi connectivity index (χ1n) is 6.38. The Labute approximate surface area is 145 Å². The van der Waals surface area contributed by atoms with Crippen molar-refractivity contribution >= 4 is 79.1 Å². The minimum absolute atomic E-state index is 0.309. The predicted molar refractivity (Wildman–Crippen MR) is 94.6 cm³/mol. The van der Waals surface area contributed by atoms with Crippen LogP contribution < -0.4 is 0 Å². The van der Waals surface area contributed by atoms with Crippen molar-refractivity contribution in [3.63, 3.8) is 0 Å². The molecule has 0 saturated heterocycles. The highest BCUT2D eigenvalue weighted by atomic mass is 35.5. The standard InChI is InChI=1S/C16H6Cl4N2/c17-7-1-3-11-9(5-7)13-14(19)10-6-8(18)2-4-12(10)21-15(13)16(20)22-11/h1-6H. The molecule has 0 saturated carbocycles. The molecule has 0 aliphatic rings.